The molecule has 3 saturated heterocycles. The van der Waals surface area contributed by atoms with Crippen molar-refractivity contribution in [1.29, 1.82) is 0 Å². The van der Waals surface area contributed by atoms with E-state index in [1.165, 1.54) is 18.6 Å². The van der Waals surface area contributed by atoms with Crippen LogP contribution < -0.4 is 4.74 Å². The molecule has 1 aromatic heterocycles. The topological polar surface area (TPSA) is 55.5 Å². The number of ether oxygens (including phenoxy) is 1. The van der Waals surface area contributed by atoms with Gasteiger partial charge in [0.05, 0.1) is 13.1 Å². The van der Waals surface area contributed by atoms with E-state index in [4.69, 9.17) is 9.26 Å². The van der Waals surface area contributed by atoms with E-state index in [0.717, 1.165) is 80.5 Å². The SMILES string of the molecule is O[C@](c1ccccc1)(c1cc(C[N+]23CCC(CC2)[C@@H](Oc2cccc(F)c2)C3)on1)C1CCCCC1. The predicted molar refractivity (Wildman–Crippen MR) is 135 cm³/mol. The minimum atomic E-state index is -1.14. The number of aliphatic hydroxyl groups is 1. The van der Waals surface area contributed by atoms with Crippen LogP contribution in [0.1, 0.15) is 62.0 Å². The highest BCUT2D eigenvalue weighted by atomic mass is 19.1. The van der Waals surface area contributed by atoms with Crippen LogP contribution in [0.15, 0.2) is 65.2 Å². The Morgan fingerprint density at radius 3 is 2.50 bits per heavy atom. The van der Waals surface area contributed by atoms with Crippen molar-refractivity contribution in [3.8, 4) is 5.75 Å². The first-order valence-electron chi connectivity index (χ1n) is 13.6. The smallest absolute Gasteiger partial charge is 0.191 e. The Morgan fingerprint density at radius 2 is 1.75 bits per heavy atom. The lowest BCUT2D eigenvalue weighted by molar-refractivity contribution is -0.959. The standard InChI is InChI=1S/C30H36FN2O3/c31-25-12-7-13-26(18-25)35-28-21-33(16-14-22(28)15-17-33)20-27-19-29(32-36-27)30(34,23-8-3-1-4-9-23)24-10-5-2-6-11-24/h1,3-4,7-9,12-13,18-19,22,24,28,34H,2,5-6,10-11,14-17,20-21H2/q+1/t22?,28-,30-,33?/m0/s1. The van der Waals surface area contributed by atoms with Gasteiger partial charge in [0.2, 0.25) is 0 Å². The fourth-order valence-electron chi connectivity index (χ4n) is 6.99. The van der Waals surface area contributed by atoms with E-state index >= 15 is 0 Å². The molecule has 0 spiro atoms. The van der Waals surface area contributed by atoms with Crippen LogP contribution in [0.2, 0.25) is 0 Å². The Morgan fingerprint density at radius 1 is 0.972 bits per heavy atom. The average Bonchev–Trinajstić information content (AvgIpc) is 3.38. The Bertz CT molecular complexity index is 1170. The highest BCUT2D eigenvalue weighted by molar-refractivity contribution is 5.33. The number of hydrogen-bond donors (Lipinski definition) is 1. The van der Waals surface area contributed by atoms with Crippen LogP contribution in [-0.4, -0.2) is 40.5 Å². The number of nitrogens with zero attached hydrogens (tertiary/aromatic N) is 2. The van der Waals surface area contributed by atoms with Crippen LogP contribution in [-0.2, 0) is 12.1 Å². The molecule has 1 N–H and O–H groups in total. The van der Waals surface area contributed by atoms with Gasteiger partial charge in [-0.25, -0.2) is 4.39 Å². The Kier molecular flexibility index (Phi) is 6.34. The minimum absolute atomic E-state index is 0.0696. The number of fused-ring (bicyclic) bond motifs is 3. The zero-order valence-electron chi connectivity index (χ0n) is 20.8. The molecule has 7 rings (SSSR count). The maximum Gasteiger partial charge on any atom is 0.191 e. The quantitative estimate of drug-likeness (QED) is 0.423. The number of rotatable bonds is 7. The summed E-state index contributed by atoms with van der Waals surface area (Å²) in [5.74, 6) is 1.80. The van der Waals surface area contributed by atoms with E-state index in [2.05, 4.69) is 5.16 Å². The number of quaternary nitrogens is 1. The lowest BCUT2D eigenvalue weighted by atomic mass is 9.71. The summed E-state index contributed by atoms with van der Waals surface area (Å²) < 4.78 is 26.8. The van der Waals surface area contributed by atoms with Crippen LogP contribution in [0.5, 0.6) is 5.75 Å². The van der Waals surface area contributed by atoms with E-state index in [0.29, 0.717) is 17.4 Å². The number of hydrogen-bond acceptors (Lipinski definition) is 4. The van der Waals surface area contributed by atoms with Crippen molar-refractivity contribution >= 4 is 0 Å². The van der Waals surface area contributed by atoms with Gasteiger partial charge in [0.15, 0.2) is 11.9 Å². The lowest BCUT2D eigenvalue weighted by Gasteiger charge is -2.51. The van der Waals surface area contributed by atoms with Crippen molar-refractivity contribution in [3.05, 3.63) is 83.5 Å². The molecular weight excluding hydrogens is 455 g/mol. The van der Waals surface area contributed by atoms with Gasteiger partial charge in [0, 0.05) is 30.9 Å². The summed E-state index contributed by atoms with van der Waals surface area (Å²) in [6.45, 7) is 3.77. The zero-order valence-corrected chi connectivity index (χ0v) is 20.8. The summed E-state index contributed by atoms with van der Waals surface area (Å²) in [7, 11) is 0. The summed E-state index contributed by atoms with van der Waals surface area (Å²) in [5.41, 5.74) is 0.390. The fraction of sp³-hybridized carbons (Fsp3) is 0.500. The van der Waals surface area contributed by atoms with E-state index in [1.807, 2.05) is 42.5 Å². The monoisotopic (exact) mass is 491 g/mol. The molecule has 5 nitrogen and oxygen atoms in total. The third kappa shape index (κ3) is 4.46. The molecule has 1 saturated carbocycles. The molecule has 1 aliphatic carbocycles. The first kappa shape index (κ1) is 23.7. The van der Waals surface area contributed by atoms with Crippen molar-refractivity contribution in [2.45, 2.75) is 63.2 Å². The van der Waals surface area contributed by atoms with Gasteiger partial charge in [-0.2, -0.15) is 0 Å². The number of benzene rings is 2. The molecule has 3 aromatic rings. The second-order valence-electron chi connectivity index (χ2n) is 11.2. The average molecular weight is 492 g/mol. The van der Waals surface area contributed by atoms with Crippen molar-refractivity contribution in [1.82, 2.24) is 5.16 Å². The first-order valence-corrected chi connectivity index (χ1v) is 13.6. The number of halogens is 1. The van der Waals surface area contributed by atoms with E-state index < -0.39 is 5.60 Å². The van der Waals surface area contributed by atoms with Gasteiger partial charge >= 0.3 is 0 Å². The van der Waals surface area contributed by atoms with Crippen molar-refractivity contribution in [2.75, 3.05) is 19.6 Å². The molecule has 4 fully saturated rings. The van der Waals surface area contributed by atoms with Crippen molar-refractivity contribution in [3.63, 3.8) is 0 Å². The number of piperidine rings is 3. The summed E-state index contributed by atoms with van der Waals surface area (Å²) in [6, 6.07) is 18.4. The summed E-state index contributed by atoms with van der Waals surface area (Å²) >= 11 is 0. The van der Waals surface area contributed by atoms with Gasteiger partial charge in [0.1, 0.15) is 36.0 Å². The van der Waals surface area contributed by atoms with Crippen LogP contribution in [0, 0.1) is 17.7 Å². The third-order valence-corrected chi connectivity index (χ3v) is 8.98. The minimum Gasteiger partial charge on any atom is -0.484 e. The van der Waals surface area contributed by atoms with Crippen molar-refractivity contribution in [2.24, 2.45) is 11.8 Å². The summed E-state index contributed by atoms with van der Waals surface area (Å²) in [6.07, 6.45) is 7.75. The number of aromatic nitrogens is 1. The Balaban J connectivity index is 1.23. The molecule has 0 amide bonds. The van der Waals surface area contributed by atoms with Gasteiger partial charge in [0.25, 0.3) is 0 Å². The van der Waals surface area contributed by atoms with Gasteiger partial charge in [-0.15, -0.1) is 0 Å². The normalized spacial score (nSPS) is 28.1. The van der Waals surface area contributed by atoms with Gasteiger partial charge in [-0.3, -0.25) is 0 Å². The molecule has 0 radical (unpaired) electrons. The molecule has 2 aromatic carbocycles. The molecule has 3 aliphatic heterocycles. The highest BCUT2D eigenvalue weighted by Gasteiger charge is 2.48. The molecule has 4 heterocycles. The van der Waals surface area contributed by atoms with E-state index in [9.17, 15) is 9.50 Å². The van der Waals surface area contributed by atoms with Gasteiger partial charge < -0.3 is 18.8 Å². The predicted octanol–water partition coefficient (Wildman–Crippen LogP) is 5.82. The molecule has 2 atom stereocenters. The van der Waals surface area contributed by atoms with Crippen LogP contribution in [0.4, 0.5) is 4.39 Å². The molecule has 4 aliphatic rings. The van der Waals surface area contributed by atoms with Crippen molar-refractivity contribution < 1.29 is 23.2 Å². The third-order valence-electron chi connectivity index (χ3n) is 8.98. The largest absolute Gasteiger partial charge is 0.484 e. The van der Waals surface area contributed by atoms with E-state index in [1.54, 1.807) is 6.07 Å². The summed E-state index contributed by atoms with van der Waals surface area (Å²) in [4.78, 5) is 0. The Labute approximate surface area is 212 Å². The van der Waals surface area contributed by atoms with Gasteiger partial charge in [-0.05, 0) is 36.5 Å². The molecular formula is C30H36FN2O3+. The van der Waals surface area contributed by atoms with Crippen LogP contribution in [0.3, 0.4) is 0 Å². The second-order valence-corrected chi connectivity index (χ2v) is 11.2. The fourth-order valence-corrected chi connectivity index (χ4v) is 6.99. The molecule has 36 heavy (non-hydrogen) atoms. The second kappa shape index (κ2) is 9.64. The first-order chi connectivity index (χ1) is 17.5. The lowest BCUT2D eigenvalue weighted by Crippen LogP contribution is -2.64. The molecule has 6 heteroatoms. The molecule has 2 bridgehead atoms. The molecule has 190 valence electrons. The zero-order chi connectivity index (χ0) is 24.6. The highest BCUT2D eigenvalue weighted by Crippen LogP contribution is 2.44. The maximum absolute atomic E-state index is 13.7. The maximum atomic E-state index is 13.7. The van der Waals surface area contributed by atoms with E-state index in [-0.39, 0.29) is 17.8 Å². The van der Waals surface area contributed by atoms with Crippen LogP contribution >= 0.6 is 0 Å². The molecule has 0 unspecified atom stereocenters. The van der Waals surface area contributed by atoms with Gasteiger partial charge in [-0.1, -0.05) is 60.8 Å². The Hall–Kier alpha value is -2.70. The summed E-state index contributed by atoms with van der Waals surface area (Å²) in [5, 5.41) is 16.6. The van der Waals surface area contributed by atoms with Crippen LogP contribution in [0.25, 0.3) is 0 Å².